The fourth-order valence-corrected chi connectivity index (χ4v) is 3.60. The number of methoxy groups -OCH3 is 1. The van der Waals surface area contributed by atoms with Crippen molar-refractivity contribution in [2.75, 3.05) is 7.11 Å². The zero-order chi connectivity index (χ0) is 25.8. The van der Waals surface area contributed by atoms with Crippen LogP contribution in [0.15, 0.2) is 64.5 Å². The van der Waals surface area contributed by atoms with Crippen LogP contribution in [-0.2, 0) is 29.6 Å². The molecule has 1 aromatic carbocycles. The fraction of sp³-hybridized carbons (Fsp3) is 0.467. The van der Waals surface area contributed by atoms with Gasteiger partial charge in [0.2, 0.25) is 0 Å². The number of carbonyl (C=O) groups is 1. The van der Waals surface area contributed by atoms with E-state index in [9.17, 15) is 9.90 Å². The number of aliphatic hydroxyl groups excluding tert-OH is 1. The number of ketones is 1. The monoisotopic (exact) mass is 655 g/mol. The molecule has 1 aromatic rings. The Labute approximate surface area is 225 Å². The van der Waals surface area contributed by atoms with Crippen molar-refractivity contribution < 1.29 is 34.7 Å². The van der Waals surface area contributed by atoms with Crippen molar-refractivity contribution in [3.05, 3.63) is 82.3 Å². The second-order valence-electron chi connectivity index (χ2n) is 11.2. The van der Waals surface area contributed by atoms with Gasteiger partial charge in [-0.15, -0.1) is 34.9 Å². The number of rotatable bonds is 3. The third-order valence-electron chi connectivity index (χ3n) is 5.76. The molecule has 0 saturated carbocycles. The number of fused-ring (bicyclic) bond motifs is 1. The first-order valence-electron chi connectivity index (χ1n) is 11.8. The van der Waals surface area contributed by atoms with Gasteiger partial charge < -0.3 is 14.8 Å². The summed E-state index contributed by atoms with van der Waals surface area (Å²) in [5.74, 6) is 0.321. The van der Waals surface area contributed by atoms with Crippen LogP contribution in [0.1, 0.15) is 65.2 Å². The quantitative estimate of drug-likeness (QED) is 0.217. The van der Waals surface area contributed by atoms with Gasteiger partial charge in [-0.1, -0.05) is 79.2 Å². The van der Waals surface area contributed by atoms with E-state index < -0.39 is 5.41 Å². The van der Waals surface area contributed by atoms with Crippen LogP contribution in [-0.4, -0.2) is 29.8 Å². The first kappa shape index (κ1) is 31.0. The first-order valence-corrected chi connectivity index (χ1v) is 11.8. The van der Waals surface area contributed by atoms with Crippen molar-refractivity contribution >= 4 is 11.5 Å². The minimum Gasteiger partial charge on any atom is -0.512 e. The number of aryl methyl sites for hydroxylation is 2. The van der Waals surface area contributed by atoms with Crippen molar-refractivity contribution in [1.82, 2.24) is 0 Å². The molecule has 2 unspecified atom stereocenters. The van der Waals surface area contributed by atoms with E-state index >= 15 is 0 Å². The zero-order valence-corrected chi connectivity index (χ0v) is 25.1. The Morgan fingerprint density at radius 3 is 2.23 bits per heavy atom. The van der Waals surface area contributed by atoms with Crippen LogP contribution in [0.2, 0.25) is 0 Å². The summed E-state index contributed by atoms with van der Waals surface area (Å²) in [5.41, 5.74) is 5.98. The largest absolute Gasteiger partial charge is 0.512 e. The number of ether oxygens (including phenoxy) is 1. The molecule has 193 valence electrons. The summed E-state index contributed by atoms with van der Waals surface area (Å²) in [5, 5.41) is 9.56. The van der Waals surface area contributed by atoms with Crippen molar-refractivity contribution in [2.45, 2.75) is 68.4 Å². The van der Waals surface area contributed by atoms with E-state index in [0.29, 0.717) is 0 Å². The van der Waals surface area contributed by atoms with Gasteiger partial charge in [0.1, 0.15) is 5.76 Å². The second-order valence-corrected chi connectivity index (χ2v) is 11.2. The van der Waals surface area contributed by atoms with E-state index in [1.54, 1.807) is 7.11 Å². The first-order chi connectivity index (χ1) is 15.6. The summed E-state index contributed by atoms with van der Waals surface area (Å²) in [6, 6.07) is 7.71. The normalized spacial score (nSPS) is 19.8. The number of dihydropyridines is 1. The standard InChI is InChI=1S/C19H20NO.C11H20O2.Ir/c1-12-8-13(2)10-15(9-12)19-14(3)11-16-17(20-19)6-5-7-18(16)21-4;1-10(2,3)8(12)7-9(13)11(4,5)6;/h5-9,11,16,18H,1-4H3;7,12H,1-6H3;/q-1;;/b;8-7-;. The fourth-order valence-electron chi connectivity index (χ4n) is 3.60. The molecule has 35 heavy (non-hydrogen) atoms. The van der Waals surface area contributed by atoms with Crippen LogP contribution in [0.5, 0.6) is 0 Å². The van der Waals surface area contributed by atoms with E-state index in [1.807, 2.05) is 47.6 Å². The molecule has 1 heterocycles. The predicted octanol–water partition coefficient (Wildman–Crippen LogP) is 7.02. The average Bonchev–Trinajstić information content (AvgIpc) is 2.71. The number of hydrogen-bond acceptors (Lipinski definition) is 4. The molecule has 0 bridgehead atoms. The van der Waals surface area contributed by atoms with Crippen LogP contribution < -0.4 is 0 Å². The van der Waals surface area contributed by atoms with E-state index in [0.717, 1.165) is 22.5 Å². The van der Waals surface area contributed by atoms with Gasteiger partial charge in [-0.05, 0) is 18.7 Å². The molecule has 1 aliphatic carbocycles. The Morgan fingerprint density at radius 1 is 1.09 bits per heavy atom. The number of aliphatic imine (C=N–C) groups is 1. The van der Waals surface area contributed by atoms with Crippen LogP contribution in [0.25, 0.3) is 0 Å². The van der Waals surface area contributed by atoms with E-state index in [1.165, 1.54) is 17.2 Å². The van der Waals surface area contributed by atoms with Gasteiger partial charge in [0.05, 0.1) is 6.10 Å². The Hall–Kier alpha value is -2.07. The number of nitrogens with zero attached hydrogens (tertiary/aromatic N) is 1. The molecule has 1 aliphatic heterocycles. The van der Waals surface area contributed by atoms with Crippen LogP contribution in [0.3, 0.4) is 0 Å². The summed E-state index contributed by atoms with van der Waals surface area (Å²) < 4.78 is 5.54. The van der Waals surface area contributed by atoms with Crippen molar-refractivity contribution in [2.24, 2.45) is 21.7 Å². The van der Waals surface area contributed by atoms with Crippen LogP contribution >= 0.6 is 0 Å². The molecule has 2 atom stereocenters. The minimum atomic E-state index is -0.417. The maximum atomic E-state index is 11.5. The van der Waals surface area contributed by atoms with Crippen LogP contribution in [0.4, 0.5) is 0 Å². The number of hydrogen-bond donors (Lipinski definition) is 1. The molecule has 0 fully saturated rings. The molecule has 0 spiro atoms. The third kappa shape index (κ3) is 8.52. The number of carbonyl (C=O) groups excluding carboxylic acids is 1. The summed E-state index contributed by atoms with van der Waals surface area (Å²) in [7, 11) is 1.75. The smallest absolute Gasteiger partial charge is 0.164 e. The molecular weight excluding hydrogens is 615 g/mol. The van der Waals surface area contributed by atoms with Crippen molar-refractivity contribution in [3.63, 3.8) is 0 Å². The van der Waals surface area contributed by atoms with Crippen molar-refractivity contribution in [3.8, 4) is 0 Å². The average molecular weight is 655 g/mol. The van der Waals surface area contributed by atoms with Gasteiger partial charge in [0, 0.05) is 55.7 Å². The number of allylic oxidation sites excluding steroid dienone is 5. The van der Waals surface area contributed by atoms with Gasteiger partial charge >= 0.3 is 0 Å². The molecule has 0 aromatic heterocycles. The Bertz CT molecular complexity index is 1060. The topological polar surface area (TPSA) is 58.9 Å². The Kier molecular flexibility index (Phi) is 10.8. The molecule has 2 aliphatic rings. The number of benzene rings is 1. The summed E-state index contributed by atoms with van der Waals surface area (Å²) in [4.78, 5) is 16.4. The zero-order valence-electron chi connectivity index (χ0n) is 22.7. The molecule has 0 amide bonds. The summed E-state index contributed by atoms with van der Waals surface area (Å²) in [6.45, 7) is 17.4. The molecular formula is C30H40IrNO3-. The second kappa shape index (κ2) is 12.3. The Balaban J connectivity index is 0.000000383. The molecule has 4 nitrogen and oxygen atoms in total. The van der Waals surface area contributed by atoms with Gasteiger partial charge in [0.25, 0.3) is 0 Å². The Morgan fingerprint density at radius 2 is 1.71 bits per heavy atom. The predicted molar refractivity (Wildman–Crippen MR) is 141 cm³/mol. The van der Waals surface area contributed by atoms with Gasteiger partial charge in [-0.2, -0.15) is 0 Å². The SMILES string of the molecule is CC(C)(C)C(=O)/C=C(\O)C(C)(C)C.COC1C=CC=C2N=C(c3[c-]c(C)cc(C)c3)C(C)=CC21.[Ir]. The van der Waals surface area contributed by atoms with Crippen LogP contribution in [0, 0.1) is 36.7 Å². The van der Waals surface area contributed by atoms with E-state index in [2.05, 4.69) is 57.2 Å². The van der Waals surface area contributed by atoms with Crippen molar-refractivity contribution in [1.29, 1.82) is 0 Å². The maximum absolute atomic E-state index is 11.5. The molecule has 1 radical (unpaired) electrons. The summed E-state index contributed by atoms with van der Waals surface area (Å²) in [6.07, 6.45) is 9.86. The number of aliphatic hydroxyl groups is 1. The maximum Gasteiger partial charge on any atom is 0.164 e. The van der Waals surface area contributed by atoms with Gasteiger partial charge in [-0.3, -0.25) is 4.79 Å². The van der Waals surface area contributed by atoms with Gasteiger partial charge in [-0.25, -0.2) is 0 Å². The molecule has 0 saturated heterocycles. The third-order valence-corrected chi connectivity index (χ3v) is 5.76. The van der Waals surface area contributed by atoms with Gasteiger partial charge in [0.15, 0.2) is 5.78 Å². The van der Waals surface area contributed by atoms with E-state index in [4.69, 9.17) is 9.73 Å². The molecule has 3 rings (SSSR count). The minimum absolute atomic E-state index is 0. The van der Waals surface area contributed by atoms with E-state index in [-0.39, 0.29) is 49.1 Å². The molecule has 5 heteroatoms. The summed E-state index contributed by atoms with van der Waals surface area (Å²) >= 11 is 0. The molecule has 1 N–H and O–H groups in total.